The molecule has 0 saturated carbocycles. The topological polar surface area (TPSA) is 48.7 Å². The molecule has 0 amide bonds. The quantitative estimate of drug-likeness (QED) is 0.348. The Bertz CT molecular complexity index is 920. The van der Waals surface area contributed by atoms with Gasteiger partial charge in [0, 0.05) is 4.88 Å². The number of carbonyl (C=O) groups is 1. The summed E-state index contributed by atoms with van der Waals surface area (Å²) in [7, 11) is 1.60. The molecule has 0 radical (unpaired) electrons. The second kappa shape index (κ2) is 9.24. The number of ketones is 1. The normalized spacial score (nSPS) is 11.0. The second-order valence-electron chi connectivity index (χ2n) is 5.96. The van der Waals surface area contributed by atoms with E-state index in [9.17, 15) is 4.79 Å². The van der Waals surface area contributed by atoms with Crippen LogP contribution in [0.3, 0.4) is 0 Å². The van der Waals surface area contributed by atoms with Crippen LogP contribution in [0.1, 0.15) is 39.4 Å². The van der Waals surface area contributed by atoms with Crippen LogP contribution in [-0.4, -0.2) is 12.9 Å². The standard InChI is InChI=1S/C22H22O4S/c1-3-6-18-12-14-22(27-18)19(23)13-11-16-9-10-17(26-16)15-25-21-8-5-4-7-20(21)24-2/h4-5,7-14H,3,6,15H2,1-2H3/b13-11+. The molecule has 0 saturated heterocycles. The molecule has 0 aliphatic heterocycles. The maximum atomic E-state index is 12.3. The van der Waals surface area contributed by atoms with Gasteiger partial charge >= 0.3 is 0 Å². The molecule has 5 heteroatoms. The highest BCUT2D eigenvalue weighted by atomic mass is 32.1. The van der Waals surface area contributed by atoms with Crippen molar-refractivity contribution < 1.29 is 18.7 Å². The third kappa shape index (κ3) is 5.11. The van der Waals surface area contributed by atoms with Crippen molar-refractivity contribution in [3.05, 3.63) is 75.9 Å². The molecule has 0 aliphatic rings. The van der Waals surface area contributed by atoms with Crippen molar-refractivity contribution in [1.29, 1.82) is 0 Å². The van der Waals surface area contributed by atoms with Gasteiger partial charge in [0.15, 0.2) is 17.3 Å². The largest absolute Gasteiger partial charge is 0.493 e. The predicted octanol–water partition coefficient (Wildman–Crippen LogP) is 5.78. The number of benzene rings is 1. The summed E-state index contributed by atoms with van der Waals surface area (Å²) in [6.45, 7) is 2.42. The molecule has 0 bridgehead atoms. The number of carbonyl (C=O) groups excluding carboxylic acids is 1. The van der Waals surface area contributed by atoms with E-state index in [0.717, 1.165) is 17.7 Å². The Balaban J connectivity index is 1.58. The highest BCUT2D eigenvalue weighted by Crippen LogP contribution is 2.27. The summed E-state index contributed by atoms with van der Waals surface area (Å²) in [6.07, 6.45) is 5.32. The third-order valence-electron chi connectivity index (χ3n) is 3.92. The lowest BCUT2D eigenvalue weighted by molar-refractivity contribution is 0.105. The Kier molecular flexibility index (Phi) is 6.49. The lowest BCUT2D eigenvalue weighted by Gasteiger charge is -2.08. The van der Waals surface area contributed by atoms with Crippen molar-refractivity contribution in [2.75, 3.05) is 7.11 Å². The number of allylic oxidation sites excluding steroid dienone is 1. The lowest BCUT2D eigenvalue weighted by atomic mass is 10.2. The molecule has 1 aromatic carbocycles. The van der Waals surface area contributed by atoms with Crippen LogP contribution in [0.15, 0.2) is 59.0 Å². The summed E-state index contributed by atoms with van der Waals surface area (Å²) in [5.74, 6) is 2.62. The number of para-hydroxylation sites is 2. The van der Waals surface area contributed by atoms with E-state index in [0.29, 0.717) is 23.0 Å². The minimum Gasteiger partial charge on any atom is -0.493 e. The van der Waals surface area contributed by atoms with Crippen LogP contribution < -0.4 is 9.47 Å². The molecule has 2 aromatic heterocycles. The van der Waals surface area contributed by atoms with E-state index in [4.69, 9.17) is 13.9 Å². The van der Waals surface area contributed by atoms with Gasteiger partial charge in [0.25, 0.3) is 0 Å². The van der Waals surface area contributed by atoms with Gasteiger partial charge in [-0.05, 0) is 55.0 Å². The van der Waals surface area contributed by atoms with Crippen LogP contribution in [0.2, 0.25) is 0 Å². The van der Waals surface area contributed by atoms with Crippen molar-refractivity contribution in [3.63, 3.8) is 0 Å². The first-order valence-electron chi connectivity index (χ1n) is 8.85. The van der Waals surface area contributed by atoms with Gasteiger partial charge in [-0.3, -0.25) is 4.79 Å². The Morgan fingerprint density at radius 3 is 2.70 bits per heavy atom. The summed E-state index contributed by atoms with van der Waals surface area (Å²) in [5.41, 5.74) is 0. The fraction of sp³-hybridized carbons (Fsp3) is 0.227. The number of ether oxygens (including phenoxy) is 2. The molecule has 27 heavy (non-hydrogen) atoms. The first kappa shape index (κ1) is 19.0. The zero-order chi connectivity index (χ0) is 19.1. The van der Waals surface area contributed by atoms with Gasteiger partial charge in [0.2, 0.25) is 0 Å². The number of aryl methyl sites for hydroxylation is 1. The zero-order valence-corrected chi connectivity index (χ0v) is 16.3. The summed E-state index contributed by atoms with van der Waals surface area (Å²) in [5, 5.41) is 0. The molecule has 0 N–H and O–H groups in total. The summed E-state index contributed by atoms with van der Waals surface area (Å²) in [4.78, 5) is 14.3. The number of furan rings is 1. The first-order chi connectivity index (χ1) is 13.2. The van der Waals surface area contributed by atoms with Crippen LogP contribution in [0, 0.1) is 0 Å². The van der Waals surface area contributed by atoms with Crippen LogP contribution in [0.25, 0.3) is 6.08 Å². The van der Waals surface area contributed by atoms with E-state index in [2.05, 4.69) is 6.92 Å². The van der Waals surface area contributed by atoms with E-state index in [-0.39, 0.29) is 12.4 Å². The highest BCUT2D eigenvalue weighted by Gasteiger charge is 2.08. The van der Waals surface area contributed by atoms with E-state index >= 15 is 0 Å². The molecule has 140 valence electrons. The summed E-state index contributed by atoms with van der Waals surface area (Å²) >= 11 is 1.55. The fourth-order valence-corrected chi connectivity index (χ4v) is 3.61. The number of methoxy groups -OCH3 is 1. The minimum absolute atomic E-state index is 0.00873. The average Bonchev–Trinajstić information content (AvgIpc) is 3.34. The van der Waals surface area contributed by atoms with Gasteiger partial charge in [-0.1, -0.05) is 25.5 Å². The van der Waals surface area contributed by atoms with Gasteiger partial charge in [0.1, 0.15) is 18.1 Å². The number of thiophene rings is 1. The van der Waals surface area contributed by atoms with Crippen molar-refractivity contribution in [1.82, 2.24) is 0 Å². The van der Waals surface area contributed by atoms with E-state index < -0.39 is 0 Å². The third-order valence-corrected chi connectivity index (χ3v) is 5.08. The molecule has 4 nitrogen and oxygen atoms in total. The summed E-state index contributed by atoms with van der Waals surface area (Å²) < 4.78 is 16.7. The Hall–Kier alpha value is -2.79. The highest BCUT2D eigenvalue weighted by molar-refractivity contribution is 7.14. The van der Waals surface area contributed by atoms with Gasteiger partial charge in [-0.15, -0.1) is 11.3 Å². The first-order valence-corrected chi connectivity index (χ1v) is 9.67. The van der Waals surface area contributed by atoms with Crippen LogP contribution in [0.4, 0.5) is 0 Å². The predicted molar refractivity (Wildman–Crippen MR) is 108 cm³/mol. The maximum absolute atomic E-state index is 12.3. The van der Waals surface area contributed by atoms with Crippen molar-refractivity contribution in [2.45, 2.75) is 26.4 Å². The van der Waals surface area contributed by atoms with Crippen molar-refractivity contribution in [3.8, 4) is 11.5 Å². The molecular weight excluding hydrogens is 360 g/mol. The van der Waals surface area contributed by atoms with Gasteiger partial charge in [-0.25, -0.2) is 0 Å². The molecule has 0 atom stereocenters. The van der Waals surface area contributed by atoms with Crippen molar-refractivity contribution >= 4 is 23.2 Å². The lowest BCUT2D eigenvalue weighted by Crippen LogP contribution is -1.96. The molecule has 3 rings (SSSR count). The maximum Gasteiger partial charge on any atom is 0.195 e. The fourth-order valence-electron chi connectivity index (χ4n) is 2.58. The molecule has 0 spiro atoms. The Morgan fingerprint density at radius 2 is 1.93 bits per heavy atom. The SMILES string of the molecule is CCCc1ccc(C(=O)/C=C/c2ccc(COc3ccccc3OC)o2)s1. The van der Waals surface area contributed by atoms with Crippen LogP contribution >= 0.6 is 11.3 Å². The van der Waals surface area contributed by atoms with Gasteiger partial charge < -0.3 is 13.9 Å². The molecule has 0 unspecified atom stereocenters. The zero-order valence-electron chi connectivity index (χ0n) is 15.4. The Morgan fingerprint density at radius 1 is 1.11 bits per heavy atom. The molecular formula is C22H22O4S. The molecule has 0 fully saturated rings. The van der Waals surface area contributed by atoms with Crippen molar-refractivity contribution in [2.24, 2.45) is 0 Å². The second-order valence-corrected chi connectivity index (χ2v) is 7.13. The molecule has 2 heterocycles. The van der Waals surface area contributed by atoms with Crippen LogP contribution in [-0.2, 0) is 13.0 Å². The van der Waals surface area contributed by atoms with Gasteiger partial charge in [0.05, 0.1) is 12.0 Å². The number of rotatable bonds is 9. The molecule has 0 aliphatic carbocycles. The number of hydrogen-bond acceptors (Lipinski definition) is 5. The van der Waals surface area contributed by atoms with Gasteiger partial charge in [-0.2, -0.15) is 0 Å². The smallest absolute Gasteiger partial charge is 0.195 e. The van der Waals surface area contributed by atoms with E-state index in [1.807, 2.05) is 48.5 Å². The minimum atomic E-state index is -0.00873. The Labute approximate surface area is 163 Å². The van der Waals surface area contributed by atoms with E-state index in [1.165, 1.54) is 4.88 Å². The summed E-state index contributed by atoms with van der Waals surface area (Å²) in [6, 6.07) is 15.0. The molecule has 3 aromatic rings. The van der Waals surface area contributed by atoms with Crippen LogP contribution in [0.5, 0.6) is 11.5 Å². The monoisotopic (exact) mass is 382 g/mol. The van der Waals surface area contributed by atoms with E-state index in [1.54, 1.807) is 30.6 Å². The average molecular weight is 382 g/mol. The number of hydrogen-bond donors (Lipinski definition) is 0.